The van der Waals surface area contributed by atoms with Gasteiger partial charge in [-0.05, 0) is 36.4 Å². The highest BCUT2D eigenvalue weighted by molar-refractivity contribution is 7.91. The third-order valence-corrected chi connectivity index (χ3v) is 8.73. The fourth-order valence-electron chi connectivity index (χ4n) is 4.27. The number of carbonyl (C=O) groups is 1. The maximum absolute atomic E-state index is 13.6. The Morgan fingerprint density at radius 3 is 2.13 bits per heavy atom. The molecule has 5 rings (SSSR count). The van der Waals surface area contributed by atoms with Crippen molar-refractivity contribution in [3.63, 3.8) is 0 Å². The molecule has 3 aromatic rings. The number of thiophene rings is 1. The van der Waals surface area contributed by atoms with Crippen molar-refractivity contribution in [3.05, 3.63) is 77.2 Å². The first-order valence-corrected chi connectivity index (χ1v) is 12.6. The SMILES string of the molecule is O=C(C1c2ccccc2Oc2ccccc21)N1CCC(NS(=O)(=O)c2cccs2)CC1. The van der Waals surface area contributed by atoms with Gasteiger partial charge in [-0.15, -0.1) is 11.3 Å². The summed E-state index contributed by atoms with van der Waals surface area (Å²) in [6.07, 6.45) is 1.17. The van der Waals surface area contributed by atoms with Crippen molar-refractivity contribution in [1.29, 1.82) is 0 Å². The summed E-state index contributed by atoms with van der Waals surface area (Å²) in [5.74, 6) is 1.03. The second kappa shape index (κ2) is 8.11. The summed E-state index contributed by atoms with van der Waals surface area (Å²) < 4.78 is 34.1. The van der Waals surface area contributed by atoms with Crippen molar-refractivity contribution >= 4 is 27.3 Å². The van der Waals surface area contributed by atoms with Crippen molar-refractivity contribution in [3.8, 4) is 11.5 Å². The van der Waals surface area contributed by atoms with Gasteiger partial charge in [-0.25, -0.2) is 13.1 Å². The molecule has 8 heteroatoms. The van der Waals surface area contributed by atoms with Gasteiger partial charge in [-0.2, -0.15) is 0 Å². The summed E-state index contributed by atoms with van der Waals surface area (Å²) >= 11 is 1.20. The van der Waals surface area contributed by atoms with Crippen molar-refractivity contribution in [1.82, 2.24) is 9.62 Å². The number of piperidine rings is 1. The molecule has 2 aliphatic rings. The summed E-state index contributed by atoms with van der Waals surface area (Å²) in [5, 5.41) is 1.75. The highest BCUT2D eigenvalue weighted by atomic mass is 32.2. The number of nitrogens with one attached hydrogen (secondary N) is 1. The molecule has 0 spiro atoms. The fourth-order valence-corrected chi connectivity index (χ4v) is 6.58. The van der Waals surface area contributed by atoms with Crippen LogP contribution in [-0.4, -0.2) is 38.4 Å². The van der Waals surface area contributed by atoms with Crippen LogP contribution in [0.4, 0.5) is 0 Å². The number of para-hydroxylation sites is 2. The zero-order valence-electron chi connectivity index (χ0n) is 16.7. The lowest BCUT2D eigenvalue weighted by atomic mass is 9.86. The van der Waals surface area contributed by atoms with E-state index in [9.17, 15) is 13.2 Å². The van der Waals surface area contributed by atoms with Crippen LogP contribution in [-0.2, 0) is 14.8 Å². The third kappa shape index (κ3) is 3.86. The molecule has 2 aromatic carbocycles. The number of amides is 1. The molecule has 3 heterocycles. The van der Waals surface area contributed by atoms with E-state index in [1.54, 1.807) is 17.5 Å². The number of hydrogen-bond donors (Lipinski definition) is 1. The molecule has 1 fully saturated rings. The minimum Gasteiger partial charge on any atom is -0.457 e. The smallest absolute Gasteiger partial charge is 0.250 e. The van der Waals surface area contributed by atoms with E-state index in [1.165, 1.54) is 11.3 Å². The van der Waals surface area contributed by atoms with Gasteiger partial charge in [0.05, 0.1) is 5.92 Å². The maximum Gasteiger partial charge on any atom is 0.250 e. The van der Waals surface area contributed by atoms with Crippen LogP contribution in [0.5, 0.6) is 11.5 Å². The maximum atomic E-state index is 13.6. The van der Waals surface area contributed by atoms with Crippen LogP contribution < -0.4 is 9.46 Å². The van der Waals surface area contributed by atoms with E-state index in [-0.39, 0.29) is 11.9 Å². The molecule has 1 saturated heterocycles. The number of benzene rings is 2. The minimum atomic E-state index is -3.51. The van der Waals surface area contributed by atoms with Crippen LogP contribution in [0.1, 0.15) is 29.9 Å². The van der Waals surface area contributed by atoms with E-state index in [2.05, 4.69) is 4.72 Å². The average molecular weight is 455 g/mol. The van der Waals surface area contributed by atoms with Crippen molar-refractivity contribution < 1.29 is 17.9 Å². The van der Waals surface area contributed by atoms with Crippen LogP contribution in [0, 0.1) is 0 Å². The normalized spacial score (nSPS) is 17.0. The number of sulfonamides is 1. The Bertz CT molecular complexity index is 1150. The van der Waals surface area contributed by atoms with E-state index in [4.69, 9.17) is 4.74 Å². The zero-order chi connectivity index (χ0) is 21.4. The van der Waals surface area contributed by atoms with Crippen LogP contribution in [0.3, 0.4) is 0 Å². The molecule has 0 unspecified atom stereocenters. The molecule has 1 amide bonds. The summed E-state index contributed by atoms with van der Waals surface area (Å²) in [6, 6.07) is 18.4. The average Bonchev–Trinajstić information content (AvgIpc) is 3.33. The standard InChI is InChI=1S/C23H22N2O4S2/c26-23(22-17-6-1-3-8-19(17)29-20-9-4-2-7-18(20)22)25-13-11-16(12-14-25)24-31(27,28)21-10-5-15-30-21/h1-10,15-16,22,24H,11-14H2. The molecular weight excluding hydrogens is 432 g/mol. The molecular formula is C23H22N2O4S2. The number of fused-ring (bicyclic) bond motifs is 2. The number of ether oxygens (including phenoxy) is 1. The van der Waals surface area contributed by atoms with E-state index in [1.807, 2.05) is 53.4 Å². The second-order valence-corrected chi connectivity index (χ2v) is 10.7. The van der Waals surface area contributed by atoms with Gasteiger partial charge in [0, 0.05) is 30.3 Å². The first kappa shape index (κ1) is 20.2. The Morgan fingerprint density at radius 2 is 1.55 bits per heavy atom. The molecule has 0 saturated carbocycles. The van der Waals surface area contributed by atoms with Gasteiger partial charge in [0.1, 0.15) is 15.7 Å². The fraction of sp³-hybridized carbons (Fsp3) is 0.261. The molecule has 1 aromatic heterocycles. The molecule has 0 atom stereocenters. The molecule has 0 aliphatic carbocycles. The van der Waals surface area contributed by atoms with Crippen LogP contribution >= 0.6 is 11.3 Å². The Kier molecular flexibility index (Phi) is 5.29. The molecule has 31 heavy (non-hydrogen) atoms. The predicted octanol–water partition coefficient (Wildman–Crippen LogP) is 3.96. The minimum absolute atomic E-state index is 0.0303. The van der Waals surface area contributed by atoms with E-state index < -0.39 is 15.9 Å². The number of carbonyl (C=O) groups excluding carboxylic acids is 1. The van der Waals surface area contributed by atoms with Gasteiger partial charge in [-0.1, -0.05) is 42.5 Å². The van der Waals surface area contributed by atoms with E-state index in [0.717, 1.165) is 11.1 Å². The van der Waals surface area contributed by atoms with Gasteiger partial charge in [0.2, 0.25) is 15.9 Å². The largest absolute Gasteiger partial charge is 0.457 e. The topological polar surface area (TPSA) is 75.7 Å². The molecule has 2 aliphatic heterocycles. The first-order valence-electron chi connectivity index (χ1n) is 10.2. The lowest BCUT2D eigenvalue weighted by Crippen LogP contribution is -2.47. The van der Waals surface area contributed by atoms with Crippen LogP contribution in [0.15, 0.2) is 70.3 Å². The second-order valence-electron chi connectivity index (χ2n) is 7.76. The van der Waals surface area contributed by atoms with Gasteiger partial charge in [-0.3, -0.25) is 4.79 Å². The Hall–Kier alpha value is -2.68. The van der Waals surface area contributed by atoms with Gasteiger partial charge >= 0.3 is 0 Å². The number of likely N-dealkylation sites (tertiary alicyclic amines) is 1. The highest BCUT2D eigenvalue weighted by Gasteiger charge is 2.36. The summed E-state index contributed by atoms with van der Waals surface area (Å²) in [4.78, 5) is 15.4. The monoisotopic (exact) mass is 454 g/mol. The molecule has 160 valence electrons. The van der Waals surface area contributed by atoms with Crippen molar-refractivity contribution in [2.45, 2.75) is 29.0 Å². The van der Waals surface area contributed by atoms with E-state index >= 15 is 0 Å². The van der Waals surface area contributed by atoms with E-state index in [0.29, 0.717) is 41.6 Å². The zero-order valence-corrected chi connectivity index (χ0v) is 18.4. The van der Waals surface area contributed by atoms with Crippen molar-refractivity contribution in [2.24, 2.45) is 0 Å². The Labute approximate surface area is 185 Å². The Morgan fingerprint density at radius 1 is 0.935 bits per heavy atom. The summed E-state index contributed by atoms with van der Waals surface area (Å²) in [6.45, 7) is 1.02. The third-order valence-electron chi connectivity index (χ3n) is 5.82. The first-order chi connectivity index (χ1) is 15.0. The molecule has 1 N–H and O–H groups in total. The summed E-state index contributed by atoms with van der Waals surface area (Å²) in [5.41, 5.74) is 1.73. The van der Waals surface area contributed by atoms with Gasteiger partial charge in [0.25, 0.3) is 0 Å². The highest BCUT2D eigenvalue weighted by Crippen LogP contribution is 2.44. The quantitative estimate of drug-likeness (QED) is 0.648. The van der Waals surface area contributed by atoms with Gasteiger partial charge < -0.3 is 9.64 Å². The Balaban J connectivity index is 1.32. The van der Waals surface area contributed by atoms with Crippen LogP contribution in [0.2, 0.25) is 0 Å². The lowest BCUT2D eigenvalue weighted by Gasteiger charge is -2.36. The van der Waals surface area contributed by atoms with Crippen LogP contribution in [0.25, 0.3) is 0 Å². The number of nitrogens with zero attached hydrogens (tertiary/aromatic N) is 1. The van der Waals surface area contributed by atoms with Crippen molar-refractivity contribution in [2.75, 3.05) is 13.1 Å². The molecule has 6 nitrogen and oxygen atoms in total. The molecule has 0 bridgehead atoms. The van der Waals surface area contributed by atoms with Gasteiger partial charge in [0.15, 0.2) is 0 Å². The summed E-state index contributed by atoms with van der Waals surface area (Å²) in [7, 11) is -3.51. The number of hydrogen-bond acceptors (Lipinski definition) is 5. The predicted molar refractivity (Wildman–Crippen MR) is 119 cm³/mol. The lowest BCUT2D eigenvalue weighted by molar-refractivity contribution is -0.133. The molecule has 0 radical (unpaired) electrons. The number of rotatable bonds is 4.